The van der Waals surface area contributed by atoms with Crippen LogP contribution >= 0.6 is 0 Å². The number of carbonyl (C=O) groups is 1. The summed E-state index contributed by atoms with van der Waals surface area (Å²) in [6, 6.07) is -0.0859. The molecule has 0 unspecified atom stereocenters. The van der Waals surface area contributed by atoms with Gasteiger partial charge in [0.2, 0.25) is 5.89 Å². The highest BCUT2D eigenvalue weighted by Gasteiger charge is 2.37. The highest BCUT2D eigenvalue weighted by atomic mass is 16.5. The summed E-state index contributed by atoms with van der Waals surface area (Å²) in [6.07, 6.45) is 3.60. The van der Waals surface area contributed by atoms with E-state index in [0.29, 0.717) is 25.0 Å². The number of nitrogens with zero attached hydrogens (tertiary/aromatic N) is 3. The molecular weight excluding hydrogens is 286 g/mol. The van der Waals surface area contributed by atoms with Crippen molar-refractivity contribution in [3.63, 3.8) is 0 Å². The SMILES string of the molecule is COCCO[C@H](C)C(=O)N1CCC[C@@H]1c1noc(C2CC2)n1. The van der Waals surface area contributed by atoms with Gasteiger partial charge in [0.15, 0.2) is 5.82 Å². The van der Waals surface area contributed by atoms with Gasteiger partial charge < -0.3 is 18.9 Å². The third kappa shape index (κ3) is 3.30. The zero-order chi connectivity index (χ0) is 15.5. The number of amides is 1. The molecule has 0 spiro atoms. The van der Waals surface area contributed by atoms with Gasteiger partial charge in [-0.05, 0) is 32.6 Å². The number of carbonyl (C=O) groups excluding carboxylic acids is 1. The van der Waals surface area contributed by atoms with Crippen molar-refractivity contribution in [3.8, 4) is 0 Å². The maximum absolute atomic E-state index is 12.6. The van der Waals surface area contributed by atoms with Crippen LogP contribution in [0.1, 0.15) is 56.3 Å². The second kappa shape index (κ2) is 6.75. The molecular formula is C15H23N3O4. The summed E-state index contributed by atoms with van der Waals surface area (Å²) in [6.45, 7) is 3.39. The molecule has 122 valence electrons. The van der Waals surface area contributed by atoms with Crippen molar-refractivity contribution in [2.45, 2.75) is 50.7 Å². The van der Waals surface area contributed by atoms with E-state index in [1.165, 1.54) is 0 Å². The summed E-state index contributed by atoms with van der Waals surface area (Å²) in [7, 11) is 1.61. The monoisotopic (exact) mass is 309 g/mol. The van der Waals surface area contributed by atoms with Gasteiger partial charge in [-0.15, -0.1) is 0 Å². The number of methoxy groups -OCH3 is 1. The minimum absolute atomic E-state index is 0.0172. The standard InChI is InChI=1S/C15H23N3O4/c1-10(21-9-8-20-2)15(19)18-7-3-4-12(18)13-16-14(22-17-13)11-5-6-11/h10-12H,3-9H2,1-2H3/t10-,12-/m1/s1. The van der Waals surface area contributed by atoms with Gasteiger partial charge in [-0.3, -0.25) is 4.79 Å². The molecule has 0 aromatic carbocycles. The van der Waals surface area contributed by atoms with Crippen LogP contribution in [0.5, 0.6) is 0 Å². The number of rotatable bonds is 7. The Hall–Kier alpha value is -1.47. The van der Waals surface area contributed by atoms with Crippen LogP contribution in [-0.4, -0.2) is 53.9 Å². The zero-order valence-electron chi connectivity index (χ0n) is 13.2. The fourth-order valence-electron chi connectivity index (χ4n) is 2.79. The molecule has 1 aromatic heterocycles. The lowest BCUT2D eigenvalue weighted by Crippen LogP contribution is -2.39. The topological polar surface area (TPSA) is 77.7 Å². The van der Waals surface area contributed by atoms with E-state index in [2.05, 4.69) is 10.1 Å². The molecule has 0 radical (unpaired) electrons. The second-order valence-corrected chi connectivity index (χ2v) is 5.96. The molecule has 2 aliphatic rings. The molecule has 7 heteroatoms. The third-order valence-corrected chi connectivity index (χ3v) is 4.22. The highest BCUT2D eigenvalue weighted by molar-refractivity contribution is 5.81. The van der Waals surface area contributed by atoms with Gasteiger partial charge in [0, 0.05) is 19.6 Å². The quantitative estimate of drug-likeness (QED) is 0.713. The van der Waals surface area contributed by atoms with Gasteiger partial charge in [-0.2, -0.15) is 4.98 Å². The predicted molar refractivity (Wildman–Crippen MR) is 77.3 cm³/mol. The molecule has 1 amide bonds. The smallest absolute Gasteiger partial charge is 0.252 e. The summed E-state index contributed by atoms with van der Waals surface area (Å²) < 4.78 is 15.8. The summed E-state index contributed by atoms with van der Waals surface area (Å²) >= 11 is 0. The second-order valence-electron chi connectivity index (χ2n) is 5.96. The summed E-state index contributed by atoms with van der Waals surface area (Å²) in [5.41, 5.74) is 0. The normalized spacial score (nSPS) is 23.0. The molecule has 1 aliphatic carbocycles. The van der Waals surface area contributed by atoms with Crippen LogP contribution in [-0.2, 0) is 14.3 Å². The summed E-state index contributed by atoms with van der Waals surface area (Å²) in [5, 5.41) is 4.09. The van der Waals surface area contributed by atoms with Gasteiger partial charge in [0.1, 0.15) is 6.10 Å². The van der Waals surface area contributed by atoms with Gasteiger partial charge >= 0.3 is 0 Å². The lowest BCUT2D eigenvalue weighted by molar-refractivity contribution is -0.144. The van der Waals surface area contributed by atoms with E-state index in [1.807, 2.05) is 4.90 Å². The minimum atomic E-state index is -0.481. The Morgan fingerprint density at radius 3 is 2.95 bits per heavy atom. The Kier molecular flexibility index (Phi) is 4.73. The van der Waals surface area contributed by atoms with Crippen molar-refractivity contribution in [1.29, 1.82) is 0 Å². The molecule has 7 nitrogen and oxygen atoms in total. The van der Waals surface area contributed by atoms with Crippen molar-refractivity contribution < 1.29 is 18.8 Å². The van der Waals surface area contributed by atoms with Crippen molar-refractivity contribution >= 4 is 5.91 Å². The molecule has 0 N–H and O–H groups in total. The van der Waals surface area contributed by atoms with E-state index < -0.39 is 6.10 Å². The first kappa shape index (κ1) is 15.4. The van der Waals surface area contributed by atoms with E-state index >= 15 is 0 Å². The Bertz CT molecular complexity index is 515. The molecule has 0 bridgehead atoms. The fourth-order valence-corrected chi connectivity index (χ4v) is 2.79. The summed E-state index contributed by atoms with van der Waals surface area (Å²) in [4.78, 5) is 18.9. The summed E-state index contributed by atoms with van der Waals surface area (Å²) in [5.74, 6) is 1.77. The van der Waals surface area contributed by atoms with Gasteiger partial charge in [-0.1, -0.05) is 5.16 Å². The molecule has 3 rings (SSSR count). The number of aromatic nitrogens is 2. The molecule has 22 heavy (non-hydrogen) atoms. The molecule has 1 aliphatic heterocycles. The van der Waals surface area contributed by atoms with Crippen molar-refractivity contribution in [2.24, 2.45) is 0 Å². The molecule has 2 atom stereocenters. The average molecular weight is 309 g/mol. The number of hydrogen-bond donors (Lipinski definition) is 0. The first-order valence-electron chi connectivity index (χ1n) is 7.95. The number of likely N-dealkylation sites (tertiary alicyclic amines) is 1. The largest absolute Gasteiger partial charge is 0.382 e. The van der Waals surface area contributed by atoms with E-state index in [4.69, 9.17) is 14.0 Å². The minimum Gasteiger partial charge on any atom is -0.382 e. The Morgan fingerprint density at radius 1 is 1.41 bits per heavy atom. The predicted octanol–water partition coefficient (Wildman–Crippen LogP) is 1.66. The van der Waals surface area contributed by atoms with Gasteiger partial charge in [0.05, 0.1) is 19.3 Å². The van der Waals surface area contributed by atoms with Crippen LogP contribution < -0.4 is 0 Å². The third-order valence-electron chi connectivity index (χ3n) is 4.22. The van der Waals surface area contributed by atoms with Crippen molar-refractivity contribution in [2.75, 3.05) is 26.9 Å². The molecule has 1 saturated carbocycles. The maximum Gasteiger partial charge on any atom is 0.252 e. The zero-order valence-corrected chi connectivity index (χ0v) is 13.2. The Morgan fingerprint density at radius 2 is 2.23 bits per heavy atom. The average Bonchev–Trinajstić information content (AvgIpc) is 3.06. The van der Waals surface area contributed by atoms with Crippen LogP contribution in [0.15, 0.2) is 4.52 Å². The van der Waals surface area contributed by atoms with Gasteiger partial charge in [0.25, 0.3) is 5.91 Å². The van der Waals surface area contributed by atoms with E-state index in [-0.39, 0.29) is 11.9 Å². The number of hydrogen-bond acceptors (Lipinski definition) is 6. The van der Waals surface area contributed by atoms with Crippen LogP contribution in [0.25, 0.3) is 0 Å². The molecule has 1 saturated heterocycles. The highest BCUT2D eigenvalue weighted by Crippen LogP contribution is 2.40. The van der Waals surface area contributed by atoms with Crippen molar-refractivity contribution in [1.82, 2.24) is 15.0 Å². The van der Waals surface area contributed by atoms with Crippen LogP contribution in [0.2, 0.25) is 0 Å². The lowest BCUT2D eigenvalue weighted by Gasteiger charge is -2.25. The molecule has 1 aromatic rings. The Balaban J connectivity index is 1.62. The van der Waals surface area contributed by atoms with Crippen LogP contribution in [0.3, 0.4) is 0 Å². The Labute approximate surface area is 129 Å². The number of ether oxygens (including phenoxy) is 2. The van der Waals surface area contributed by atoms with E-state index in [1.54, 1.807) is 14.0 Å². The fraction of sp³-hybridized carbons (Fsp3) is 0.800. The lowest BCUT2D eigenvalue weighted by atomic mass is 10.2. The van der Waals surface area contributed by atoms with Gasteiger partial charge in [-0.25, -0.2) is 0 Å². The van der Waals surface area contributed by atoms with E-state index in [9.17, 15) is 4.79 Å². The first-order valence-corrected chi connectivity index (χ1v) is 7.95. The maximum atomic E-state index is 12.6. The first-order chi connectivity index (χ1) is 10.7. The van der Waals surface area contributed by atoms with E-state index in [0.717, 1.165) is 38.1 Å². The molecule has 2 heterocycles. The molecule has 2 fully saturated rings. The van der Waals surface area contributed by atoms with Crippen LogP contribution in [0.4, 0.5) is 0 Å². The van der Waals surface area contributed by atoms with Crippen LogP contribution in [0, 0.1) is 0 Å². The van der Waals surface area contributed by atoms with Crippen molar-refractivity contribution in [3.05, 3.63) is 11.7 Å².